The van der Waals surface area contributed by atoms with Gasteiger partial charge < -0.3 is 11.1 Å². The third kappa shape index (κ3) is 2.64. The Balaban J connectivity index is 2.01. The summed E-state index contributed by atoms with van der Waals surface area (Å²) in [6, 6.07) is 4.21. The van der Waals surface area contributed by atoms with Crippen molar-refractivity contribution in [3.8, 4) is 0 Å². The van der Waals surface area contributed by atoms with E-state index in [2.05, 4.69) is 5.32 Å². The van der Waals surface area contributed by atoms with E-state index in [1.807, 2.05) is 0 Å². The van der Waals surface area contributed by atoms with Gasteiger partial charge in [-0.3, -0.25) is 4.79 Å². The second kappa shape index (κ2) is 4.45. The lowest BCUT2D eigenvalue weighted by atomic mass is 9.78. The molecule has 1 aromatic carbocycles. The van der Waals surface area contributed by atoms with Gasteiger partial charge in [0.15, 0.2) is 0 Å². The van der Waals surface area contributed by atoms with Crippen LogP contribution >= 0.6 is 0 Å². The minimum absolute atomic E-state index is 0.251. The molecule has 0 unspecified atom stereocenters. The SMILES string of the molecule is Cc1ccc(F)cc1C(=O)NCC1(N)CCC1. The summed E-state index contributed by atoms with van der Waals surface area (Å²) in [5, 5.41) is 2.78. The van der Waals surface area contributed by atoms with Crippen LogP contribution in [-0.2, 0) is 0 Å². The minimum atomic E-state index is -0.396. The van der Waals surface area contributed by atoms with Crippen LogP contribution in [0.2, 0.25) is 0 Å². The van der Waals surface area contributed by atoms with Gasteiger partial charge in [-0.1, -0.05) is 6.07 Å². The van der Waals surface area contributed by atoms with Crippen LogP contribution in [0, 0.1) is 12.7 Å². The van der Waals surface area contributed by atoms with E-state index in [0.717, 1.165) is 24.8 Å². The first kappa shape index (κ1) is 12.0. The number of carbonyl (C=O) groups excluding carboxylic acids is 1. The van der Waals surface area contributed by atoms with Crippen LogP contribution in [0.15, 0.2) is 18.2 Å². The monoisotopic (exact) mass is 236 g/mol. The van der Waals surface area contributed by atoms with E-state index in [1.54, 1.807) is 13.0 Å². The number of benzene rings is 1. The van der Waals surface area contributed by atoms with Crippen LogP contribution in [-0.4, -0.2) is 18.0 Å². The highest BCUT2D eigenvalue weighted by atomic mass is 19.1. The zero-order valence-corrected chi connectivity index (χ0v) is 9.92. The molecule has 0 aromatic heterocycles. The number of aryl methyl sites for hydroxylation is 1. The second-order valence-electron chi connectivity index (χ2n) is 4.86. The van der Waals surface area contributed by atoms with Crippen molar-refractivity contribution in [3.63, 3.8) is 0 Å². The maximum absolute atomic E-state index is 13.1. The highest BCUT2D eigenvalue weighted by molar-refractivity contribution is 5.95. The highest BCUT2D eigenvalue weighted by Crippen LogP contribution is 2.28. The molecule has 1 saturated carbocycles. The number of nitrogens with one attached hydrogen (secondary N) is 1. The summed E-state index contributed by atoms with van der Waals surface area (Å²) in [7, 11) is 0. The maximum atomic E-state index is 13.1. The van der Waals surface area contributed by atoms with Gasteiger partial charge in [-0.15, -0.1) is 0 Å². The minimum Gasteiger partial charge on any atom is -0.350 e. The summed E-state index contributed by atoms with van der Waals surface area (Å²) in [6.07, 6.45) is 3.00. The molecule has 1 aliphatic rings. The molecule has 0 bridgehead atoms. The van der Waals surface area contributed by atoms with E-state index < -0.39 is 5.82 Å². The van der Waals surface area contributed by atoms with Crippen molar-refractivity contribution in [3.05, 3.63) is 35.1 Å². The standard InChI is InChI=1S/C13H17FN2O/c1-9-3-4-10(14)7-11(9)12(17)16-8-13(15)5-2-6-13/h3-4,7H,2,5-6,8,15H2,1H3,(H,16,17). The van der Waals surface area contributed by atoms with Gasteiger partial charge in [-0.25, -0.2) is 4.39 Å². The van der Waals surface area contributed by atoms with Gasteiger partial charge in [0, 0.05) is 17.6 Å². The molecule has 1 aromatic rings. The summed E-state index contributed by atoms with van der Waals surface area (Å²) in [5.41, 5.74) is 6.90. The molecule has 0 spiro atoms. The molecule has 0 saturated heterocycles. The Kier molecular flexibility index (Phi) is 3.15. The molecule has 1 fully saturated rings. The Bertz CT molecular complexity index is 441. The van der Waals surface area contributed by atoms with E-state index >= 15 is 0 Å². The lowest BCUT2D eigenvalue weighted by Crippen LogP contribution is -2.55. The van der Waals surface area contributed by atoms with E-state index in [0.29, 0.717) is 12.1 Å². The molecule has 17 heavy (non-hydrogen) atoms. The molecule has 4 heteroatoms. The smallest absolute Gasteiger partial charge is 0.251 e. The number of carbonyl (C=O) groups is 1. The fourth-order valence-electron chi connectivity index (χ4n) is 2.00. The first-order chi connectivity index (χ1) is 8.00. The van der Waals surface area contributed by atoms with Gasteiger partial charge in [0.1, 0.15) is 5.82 Å². The van der Waals surface area contributed by atoms with Crippen molar-refractivity contribution in [1.82, 2.24) is 5.32 Å². The molecule has 3 nitrogen and oxygen atoms in total. The topological polar surface area (TPSA) is 55.1 Å². The largest absolute Gasteiger partial charge is 0.350 e. The number of rotatable bonds is 3. The molecule has 1 aliphatic carbocycles. The summed E-state index contributed by atoms with van der Waals surface area (Å²) in [6.45, 7) is 2.25. The number of hydrogen-bond donors (Lipinski definition) is 2. The fourth-order valence-corrected chi connectivity index (χ4v) is 2.00. The van der Waals surface area contributed by atoms with Gasteiger partial charge in [0.25, 0.3) is 5.91 Å². The van der Waals surface area contributed by atoms with Crippen LogP contribution in [0.5, 0.6) is 0 Å². The molecule has 0 atom stereocenters. The summed E-state index contributed by atoms with van der Waals surface area (Å²) < 4.78 is 13.1. The van der Waals surface area contributed by atoms with Crippen LogP contribution in [0.1, 0.15) is 35.2 Å². The Labute approximate surface area is 100 Å². The van der Waals surface area contributed by atoms with Gasteiger partial charge in [0.2, 0.25) is 0 Å². The lowest BCUT2D eigenvalue weighted by molar-refractivity contribution is 0.0928. The predicted molar refractivity (Wildman–Crippen MR) is 64.2 cm³/mol. The quantitative estimate of drug-likeness (QED) is 0.840. The van der Waals surface area contributed by atoms with Crippen LogP contribution in [0.3, 0.4) is 0 Å². The van der Waals surface area contributed by atoms with Crippen LogP contribution in [0.25, 0.3) is 0 Å². The Morgan fingerprint density at radius 3 is 2.82 bits per heavy atom. The maximum Gasteiger partial charge on any atom is 0.251 e. The average molecular weight is 236 g/mol. The van der Waals surface area contributed by atoms with E-state index in [1.165, 1.54) is 12.1 Å². The third-order valence-corrected chi connectivity index (χ3v) is 3.39. The van der Waals surface area contributed by atoms with Crippen molar-refractivity contribution >= 4 is 5.91 Å². The summed E-state index contributed by atoms with van der Waals surface area (Å²) >= 11 is 0. The van der Waals surface area contributed by atoms with Gasteiger partial charge in [-0.2, -0.15) is 0 Å². The molecule has 1 amide bonds. The van der Waals surface area contributed by atoms with Gasteiger partial charge in [0.05, 0.1) is 0 Å². The molecule has 2 rings (SSSR count). The average Bonchev–Trinajstić information content (AvgIpc) is 2.26. The molecule has 3 N–H and O–H groups in total. The highest BCUT2D eigenvalue weighted by Gasteiger charge is 2.32. The number of nitrogens with two attached hydrogens (primary N) is 1. The predicted octanol–water partition coefficient (Wildman–Crippen LogP) is 1.75. The molecular weight excluding hydrogens is 219 g/mol. The van der Waals surface area contributed by atoms with E-state index in [-0.39, 0.29) is 11.4 Å². The first-order valence-electron chi connectivity index (χ1n) is 5.83. The second-order valence-corrected chi connectivity index (χ2v) is 4.86. The Hall–Kier alpha value is -1.42. The van der Waals surface area contributed by atoms with Crippen molar-refractivity contribution < 1.29 is 9.18 Å². The Morgan fingerprint density at radius 1 is 1.53 bits per heavy atom. The van der Waals surface area contributed by atoms with Crippen molar-refractivity contribution in [1.29, 1.82) is 0 Å². The van der Waals surface area contributed by atoms with Crippen molar-refractivity contribution in [2.75, 3.05) is 6.54 Å². The molecule has 92 valence electrons. The molecular formula is C13H17FN2O. The van der Waals surface area contributed by atoms with E-state index in [4.69, 9.17) is 5.73 Å². The lowest BCUT2D eigenvalue weighted by Gasteiger charge is -2.38. The fraction of sp³-hybridized carbons (Fsp3) is 0.462. The first-order valence-corrected chi connectivity index (χ1v) is 5.83. The zero-order chi connectivity index (χ0) is 12.5. The molecule has 0 heterocycles. The van der Waals surface area contributed by atoms with Crippen molar-refractivity contribution in [2.45, 2.75) is 31.7 Å². The van der Waals surface area contributed by atoms with Gasteiger partial charge >= 0.3 is 0 Å². The number of hydrogen-bond acceptors (Lipinski definition) is 2. The van der Waals surface area contributed by atoms with Crippen molar-refractivity contribution in [2.24, 2.45) is 5.73 Å². The normalized spacial score (nSPS) is 17.4. The van der Waals surface area contributed by atoms with Crippen LogP contribution in [0.4, 0.5) is 4.39 Å². The number of halogens is 1. The van der Waals surface area contributed by atoms with Crippen LogP contribution < -0.4 is 11.1 Å². The third-order valence-electron chi connectivity index (χ3n) is 3.39. The summed E-state index contributed by atoms with van der Waals surface area (Å²) in [4.78, 5) is 11.9. The molecule has 0 radical (unpaired) electrons. The van der Waals surface area contributed by atoms with E-state index in [9.17, 15) is 9.18 Å². The molecule has 0 aliphatic heterocycles. The number of amides is 1. The zero-order valence-electron chi connectivity index (χ0n) is 9.92. The summed E-state index contributed by atoms with van der Waals surface area (Å²) in [5.74, 6) is -0.648. The Morgan fingerprint density at radius 2 is 2.24 bits per heavy atom. The van der Waals surface area contributed by atoms with Gasteiger partial charge in [-0.05, 0) is 43.9 Å².